The van der Waals surface area contributed by atoms with Crippen LogP contribution in [-0.4, -0.2) is 19.1 Å². The van der Waals surface area contributed by atoms with Crippen molar-refractivity contribution in [1.82, 2.24) is 4.98 Å². The van der Waals surface area contributed by atoms with Crippen LogP contribution in [0.25, 0.3) is 0 Å². The quantitative estimate of drug-likeness (QED) is 0.634. The first-order valence-corrected chi connectivity index (χ1v) is 5.99. The zero-order valence-electron chi connectivity index (χ0n) is 11.1. The lowest BCUT2D eigenvalue weighted by atomic mass is 10.2. The fourth-order valence-corrected chi connectivity index (χ4v) is 1.81. The number of nitrogen functional groups attached to an aromatic ring is 1. The van der Waals surface area contributed by atoms with Crippen molar-refractivity contribution in [3.63, 3.8) is 0 Å². The van der Waals surface area contributed by atoms with Gasteiger partial charge in [-0.2, -0.15) is 0 Å². The van der Waals surface area contributed by atoms with E-state index in [1.54, 1.807) is 7.11 Å². The van der Waals surface area contributed by atoms with Crippen LogP contribution in [0, 0.1) is 0 Å². The third-order valence-electron chi connectivity index (χ3n) is 2.91. The van der Waals surface area contributed by atoms with Gasteiger partial charge >= 0.3 is 0 Å². The molecule has 0 saturated carbocycles. The number of hydrogen-bond donors (Lipinski definition) is 2. The average molecular weight is 258 g/mol. The summed E-state index contributed by atoms with van der Waals surface area (Å²) in [4.78, 5) is 6.33. The maximum Gasteiger partial charge on any atom is 0.139 e. The van der Waals surface area contributed by atoms with Crippen LogP contribution in [0.4, 0.5) is 11.5 Å². The van der Waals surface area contributed by atoms with Crippen molar-refractivity contribution in [1.29, 1.82) is 0 Å². The van der Waals surface area contributed by atoms with Crippen LogP contribution in [-0.2, 0) is 6.54 Å². The summed E-state index contributed by atoms with van der Waals surface area (Å²) in [5.41, 5.74) is 4.76. The number of anilines is 2. The summed E-state index contributed by atoms with van der Waals surface area (Å²) in [6.45, 7) is 0.782. The molecule has 5 nitrogen and oxygen atoms in total. The summed E-state index contributed by atoms with van der Waals surface area (Å²) < 4.78 is 5.15. The van der Waals surface area contributed by atoms with E-state index in [9.17, 15) is 0 Å². The van der Waals surface area contributed by atoms with Crippen molar-refractivity contribution < 1.29 is 4.74 Å². The topological polar surface area (TPSA) is 63.4 Å². The highest BCUT2D eigenvalue weighted by atomic mass is 16.5. The smallest absolute Gasteiger partial charge is 0.139 e. The Kier molecular flexibility index (Phi) is 4.20. The molecular formula is C14H18N4O. The van der Waals surface area contributed by atoms with Gasteiger partial charge in [0.1, 0.15) is 11.6 Å². The van der Waals surface area contributed by atoms with Crippen LogP contribution in [0.3, 0.4) is 0 Å². The average Bonchev–Trinajstić information content (AvgIpc) is 2.48. The second kappa shape index (κ2) is 6.06. The van der Waals surface area contributed by atoms with E-state index >= 15 is 0 Å². The van der Waals surface area contributed by atoms with Crippen molar-refractivity contribution in [2.45, 2.75) is 6.54 Å². The van der Waals surface area contributed by atoms with Crippen LogP contribution in [0.2, 0.25) is 0 Å². The summed E-state index contributed by atoms with van der Waals surface area (Å²) in [7, 11) is 3.70. The van der Waals surface area contributed by atoms with Gasteiger partial charge in [0.2, 0.25) is 0 Å². The Bertz CT molecular complexity index is 510. The molecule has 0 aliphatic carbocycles. The third kappa shape index (κ3) is 3.35. The maximum atomic E-state index is 5.28. The van der Waals surface area contributed by atoms with Gasteiger partial charge in [-0.3, -0.25) is 0 Å². The first kappa shape index (κ1) is 13.2. The summed E-state index contributed by atoms with van der Waals surface area (Å²) in [6, 6.07) is 11.8. The molecule has 0 aliphatic heterocycles. The predicted octanol–water partition coefficient (Wildman–Crippen LogP) is 2.01. The molecule has 0 aliphatic rings. The van der Waals surface area contributed by atoms with Crippen molar-refractivity contribution >= 4 is 11.5 Å². The number of nitrogens with zero attached hydrogens (tertiary/aromatic N) is 2. The van der Waals surface area contributed by atoms with E-state index in [1.807, 2.05) is 49.6 Å². The molecule has 1 aromatic heterocycles. The Balaban J connectivity index is 2.04. The monoisotopic (exact) mass is 258 g/mol. The molecule has 5 heteroatoms. The summed E-state index contributed by atoms with van der Waals surface area (Å²) in [5, 5.41) is 0. The molecule has 0 bridgehead atoms. The maximum absolute atomic E-state index is 5.28. The van der Waals surface area contributed by atoms with Gasteiger partial charge in [0.05, 0.1) is 7.11 Å². The summed E-state index contributed by atoms with van der Waals surface area (Å²) in [6.07, 6.45) is 1.81. The predicted molar refractivity (Wildman–Crippen MR) is 77.1 cm³/mol. The number of hydrogen-bond acceptors (Lipinski definition) is 5. The van der Waals surface area contributed by atoms with Gasteiger partial charge in [-0.25, -0.2) is 10.8 Å². The largest absolute Gasteiger partial charge is 0.497 e. The first-order chi connectivity index (χ1) is 9.22. The van der Waals surface area contributed by atoms with E-state index < -0.39 is 0 Å². The zero-order chi connectivity index (χ0) is 13.7. The third-order valence-corrected chi connectivity index (χ3v) is 2.91. The standard InChI is InChI=1S/C14H18N4O/c1-18(12-4-6-13(19-2)7-5-12)10-11-3-8-14(17-15)16-9-11/h3-9H,10,15H2,1-2H3,(H,16,17). The molecule has 0 amide bonds. The van der Waals surface area contributed by atoms with Crippen molar-refractivity contribution in [2.75, 3.05) is 24.5 Å². The molecule has 0 atom stereocenters. The molecule has 2 aromatic rings. The lowest BCUT2D eigenvalue weighted by molar-refractivity contribution is 0.415. The van der Waals surface area contributed by atoms with Gasteiger partial charge in [-0.05, 0) is 35.9 Å². The number of pyridine rings is 1. The highest BCUT2D eigenvalue weighted by Gasteiger charge is 2.03. The van der Waals surface area contributed by atoms with Crippen LogP contribution in [0.15, 0.2) is 42.6 Å². The first-order valence-electron chi connectivity index (χ1n) is 5.99. The van der Waals surface area contributed by atoms with Crippen molar-refractivity contribution in [3.8, 4) is 5.75 Å². The molecule has 0 spiro atoms. The number of benzene rings is 1. The van der Waals surface area contributed by atoms with E-state index in [0.717, 1.165) is 23.5 Å². The number of nitrogens with two attached hydrogens (primary N) is 1. The van der Waals surface area contributed by atoms with Gasteiger partial charge in [-0.15, -0.1) is 0 Å². The van der Waals surface area contributed by atoms with Gasteiger partial charge in [0.15, 0.2) is 0 Å². The minimum atomic E-state index is 0.663. The molecule has 0 fully saturated rings. The lowest BCUT2D eigenvalue weighted by Crippen LogP contribution is -2.16. The minimum Gasteiger partial charge on any atom is -0.497 e. The Morgan fingerprint density at radius 1 is 1.21 bits per heavy atom. The second-order valence-electron chi connectivity index (χ2n) is 4.25. The second-order valence-corrected chi connectivity index (χ2v) is 4.25. The normalized spacial score (nSPS) is 10.1. The Morgan fingerprint density at radius 2 is 1.95 bits per heavy atom. The van der Waals surface area contributed by atoms with E-state index in [2.05, 4.69) is 15.3 Å². The number of methoxy groups -OCH3 is 1. The summed E-state index contributed by atoms with van der Waals surface area (Å²) in [5.74, 6) is 6.81. The number of nitrogens with one attached hydrogen (secondary N) is 1. The zero-order valence-corrected chi connectivity index (χ0v) is 11.1. The molecule has 19 heavy (non-hydrogen) atoms. The molecule has 1 heterocycles. The number of ether oxygens (including phenoxy) is 1. The van der Waals surface area contributed by atoms with E-state index in [4.69, 9.17) is 10.6 Å². The summed E-state index contributed by atoms with van der Waals surface area (Å²) >= 11 is 0. The minimum absolute atomic E-state index is 0.663. The van der Waals surface area contributed by atoms with E-state index in [1.165, 1.54) is 0 Å². The van der Waals surface area contributed by atoms with Crippen LogP contribution in [0.1, 0.15) is 5.56 Å². The highest BCUT2D eigenvalue weighted by Crippen LogP contribution is 2.19. The molecule has 2 rings (SSSR count). The van der Waals surface area contributed by atoms with Gasteiger partial charge in [-0.1, -0.05) is 6.07 Å². The Morgan fingerprint density at radius 3 is 2.47 bits per heavy atom. The SMILES string of the molecule is COc1ccc(N(C)Cc2ccc(NN)nc2)cc1. The number of rotatable bonds is 5. The Hall–Kier alpha value is -2.27. The molecule has 100 valence electrons. The van der Waals surface area contributed by atoms with Crippen molar-refractivity contribution in [2.24, 2.45) is 5.84 Å². The Labute approximate surface area is 113 Å². The van der Waals surface area contributed by atoms with Gasteiger partial charge < -0.3 is 15.1 Å². The molecule has 0 unspecified atom stereocenters. The van der Waals surface area contributed by atoms with Crippen molar-refractivity contribution in [3.05, 3.63) is 48.2 Å². The molecule has 1 aromatic carbocycles. The lowest BCUT2D eigenvalue weighted by Gasteiger charge is -2.19. The number of hydrazine groups is 1. The van der Waals surface area contributed by atoms with E-state index in [-0.39, 0.29) is 0 Å². The molecule has 0 radical (unpaired) electrons. The van der Waals surface area contributed by atoms with Gasteiger partial charge in [0, 0.05) is 25.5 Å². The fourth-order valence-electron chi connectivity index (χ4n) is 1.81. The molecule has 0 saturated heterocycles. The van der Waals surface area contributed by atoms with Crippen LogP contribution >= 0.6 is 0 Å². The van der Waals surface area contributed by atoms with Gasteiger partial charge in [0.25, 0.3) is 0 Å². The van der Waals surface area contributed by atoms with E-state index in [0.29, 0.717) is 5.82 Å². The van der Waals surface area contributed by atoms with Crippen LogP contribution < -0.4 is 20.9 Å². The van der Waals surface area contributed by atoms with Crippen LogP contribution in [0.5, 0.6) is 5.75 Å². The fraction of sp³-hybridized carbons (Fsp3) is 0.214. The number of aromatic nitrogens is 1. The highest BCUT2D eigenvalue weighted by molar-refractivity contribution is 5.49. The molecular weight excluding hydrogens is 240 g/mol. The molecule has 3 N–H and O–H groups in total.